The molecule has 0 bridgehead atoms. The summed E-state index contributed by atoms with van der Waals surface area (Å²) in [6.45, 7) is 2.71. The van der Waals surface area contributed by atoms with Crippen molar-refractivity contribution in [1.82, 2.24) is 0 Å². The van der Waals surface area contributed by atoms with Crippen LogP contribution in [0.4, 0.5) is 0 Å². The minimum Gasteiger partial charge on any atom is -0.550 e. The van der Waals surface area contributed by atoms with E-state index < -0.39 is 11.9 Å². The number of nitrogens with zero attached hydrogens (tertiary/aromatic N) is 1. The van der Waals surface area contributed by atoms with Crippen molar-refractivity contribution in [3.05, 3.63) is 0 Å². The highest BCUT2D eigenvalue weighted by molar-refractivity contribution is 5.60. The maximum atomic E-state index is 9.19. The van der Waals surface area contributed by atoms with Gasteiger partial charge in [-0.1, -0.05) is 6.92 Å². The number of carboxylic acids is 1. The van der Waals surface area contributed by atoms with E-state index in [9.17, 15) is 10.2 Å². The van der Waals surface area contributed by atoms with Gasteiger partial charge in [-0.15, -0.1) is 0 Å². The molecule has 2 N–H and O–H groups in total. The van der Waals surface area contributed by atoms with Crippen molar-refractivity contribution in [2.45, 2.75) is 26.2 Å². The lowest BCUT2D eigenvalue weighted by Crippen LogP contribution is -2.56. The van der Waals surface area contributed by atoms with Crippen molar-refractivity contribution in [2.24, 2.45) is 0 Å². The highest BCUT2D eigenvalue weighted by Gasteiger charge is 2.36. The van der Waals surface area contributed by atoms with Crippen molar-refractivity contribution in [3.8, 4) is 0 Å². The molecule has 0 rings (SSSR count). The summed E-state index contributed by atoms with van der Waals surface area (Å²) < 4.78 is 0.156. The Morgan fingerprint density at radius 3 is 1.62 bits per heavy atom. The fraction of sp³-hybridized carbons (Fsp3) is 0.875. The van der Waals surface area contributed by atoms with E-state index in [0.717, 1.165) is 6.92 Å². The molecule has 0 aromatic heterocycles. The molecule has 13 heavy (non-hydrogen) atoms. The number of carbonyl (C=O) groups excluding carboxylic acids is 1. The van der Waals surface area contributed by atoms with E-state index in [2.05, 4.69) is 0 Å². The molecule has 0 aromatic rings. The molecule has 0 atom stereocenters. The minimum atomic E-state index is -1.58. The van der Waals surface area contributed by atoms with E-state index in [1.807, 2.05) is 0 Å². The highest BCUT2D eigenvalue weighted by Crippen LogP contribution is 2.14. The quantitative estimate of drug-likeness (QED) is 0.413. The summed E-state index contributed by atoms with van der Waals surface area (Å²) >= 11 is 0. The maximum absolute atomic E-state index is 9.19. The predicted octanol–water partition coefficient (Wildman–Crippen LogP) is -1.50. The van der Waals surface area contributed by atoms with Gasteiger partial charge in [0.05, 0.1) is 27.6 Å². The summed E-state index contributed by atoms with van der Waals surface area (Å²) in [5, 5.41) is 27.3. The Kier molecular flexibility index (Phi) is 5.90. The molecule has 0 aromatic carbocycles. The van der Waals surface area contributed by atoms with E-state index in [1.165, 1.54) is 0 Å². The number of carboxylic acid groups (broad SMARTS) is 1. The van der Waals surface area contributed by atoms with E-state index in [-0.39, 0.29) is 4.48 Å². The molecule has 80 valence electrons. The third-order valence-corrected chi connectivity index (χ3v) is 1.55. The Bertz CT molecular complexity index is 156. The highest BCUT2D eigenvalue weighted by atomic mass is 16.5. The Morgan fingerprint density at radius 2 is 1.62 bits per heavy atom. The number of rotatable bonds is 2. The molecule has 0 saturated heterocycles. The average molecular weight is 193 g/mol. The minimum absolute atomic E-state index is 0.156. The van der Waals surface area contributed by atoms with Gasteiger partial charge in [0, 0.05) is 5.97 Å². The van der Waals surface area contributed by atoms with Crippen LogP contribution in [0.3, 0.4) is 0 Å². The lowest BCUT2D eigenvalue weighted by Gasteiger charge is -2.36. The summed E-state index contributed by atoms with van der Waals surface area (Å²) in [7, 11) is 5.22. The van der Waals surface area contributed by atoms with Crippen molar-refractivity contribution >= 4 is 5.97 Å². The molecule has 0 spiro atoms. The Balaban J connectivity index is 0. The molecule has 0 heterocycles. The van der Waals surface area contributed by atoms with Crippen LogP contribution in [-0.4, -0.2) is 47.7 Å². The van der Waals surface area contributed by atoms with Crippen LogP contribution in [0.1, 0.15) is 20.3 Å². The van der Waals surface area contributed by atoms with Crippen LogP contribution in [-0.2, 0) is 4.79 Å². The van der Waals surface area contributed by atoms with Crippen molar-refractivity contribution in [3.63, 3.8) is 0 Å². The Labute approximate surface area is 78.8 Å². The van der Waals surface area contributed by atoms with E-state index in [1.54, 1.807) is 28.1 Å². The first kappa shape index (κ1) is 14.9. The number of aliphatic hydroxyl groups is 2. The van der Waals surface area contributed by atoms with Crippen LogP contribution >= 0.6 is 0 Å². The number of carbonyl (C=O) groups is 1. The van der Waals surface area contributed by atoms with Gasteiger partial charge in [-0.2, -0.15) is 0 Å². The fourth-order valence-corrected chi connectivity index (χ4v) is 0.474. The van der Waals surface area contributed by atoms with Crippen molar-refractivity contribution in [2.75, 3.05) is 21.1 Å². The topological polar surface area (TPSA) is 80.6 Å². The normalized spacial score (nSPS) is 11.6. The van der Waals surface area contributed by atoms with E-state index >= 15 is 0 Å². The molecule has 5 nitrogen and oxygen atoms in total. The summed E-state index contributed by atoms with van der Waals surface area (Å²) in [6.07, 6.45) is 0.344. The van der Waals surface area contributed by atoms with Gasteiger partial charge >= 0.3 is 5.91 Å². The van der Waals surface area contributed by atoms with Gasteiger partial charge in [0.25, 0.3) is 0 Å². The molecule has 0 aliphatic heterocycles. The fourth-order valence-electron chi connectivity index (χ4n) is 0.474. The smallest absolute Gasteiger partial charge is 0.313 e. The molecule has 0 radical (unpaired) electrons. The van der Waals surface area contributed by atoms with Crippen LogP contribution in [0.25, 0.3) is 0 Å². The second-order valence-corrected chi connectivity index (χ2v) is 3.63. The molecule has 0 unspecified atom stereocenters. The monoisotopic (exact) mass is 193 g/mol. The van der Waals surface area contributed by atoms with Gasteiger partial charge < -0.3 is 20.1 Å². The zero-order chi connectivity index (χ0) is 11.3. The van der Waals surface area contributed by atoms with Crippen LogP contribution in [0.15, 0.2) is 0 Å². The largest absolute Gasteiger partial charge is 0.550 e. The molecule has 5 heteroatoms. The van der Waals surface area contributed by atoms with Gasteiger partial charge in [0.1, 0.15) is 0 Å². The molecule has 0 fully saturated rings. The SMILES string of the molecule is CC(=O)[O-].CCC(O)(O)[N+](C)(C)C. The third kappa shape index (κ3) is 7.70. The van der Waals surface area contributed by atoms with Crippen LogP contribution in [0.5, 0.6) is 0 Å². The third-order valence-electron chi connectivity index (χ3n) is 1.55. The van der Waals surface area contributed by atoms with Crippen LogP contribution < -0.4 is 5.11 Å². The number of hydrogen-bond donors (Lipinski definition) is 2. The second-order valence-electron chi connectivity index (χ2n) is 3.63. The van der Waals surface area contributed by atoms with Crippen molar-refractivity contribution < 1.29 is 24.6 Å². The standard InChI is InChI=1S/C6H16NO2.C2H4O2/c1-5-6(8,9)7(2,3)4;1-2(3)4/h8-9H,5H2,1-4H3;1H3,(H,3,4)/q+1;/p-1. The lowest BCUT2D eigenvalue weighted by molar-refractivity contribution is -0.979. The zero-order valence-electron chi connectivity index (χ0n) is 8.87. The van der Waals surface area contributed by atoms with Gasteiger partial charge in [-0.3, -0.25) is 4.48 Å². The second kappa shape index (κ2) is 5.16. The average Bonchev–Trinajstić information content (AvgIpc) is 1.84. The summed E-state index contributed by atoms with van der Waals surface area (Å²) in [6, 6.07) is 0. The van der Waals surface area contributed by atoms with Crippen LogP contribution in [0.2, 0.25) is 0 Å². The Morgan fingerprint density at radius 1 is 1.38 bits per heavy atom. The van der Waals surface area contributed by atoms with E-state index in [4.69, 9.17) is 9.90 Å². The summed E-state index contributed by atoms with van der Waals surface area (Å²) in [4.78, 5) is 8.89. The summed E-state index contributed by atoms with van der Waals surface area (Å²) in [5.41, 5.74) is 0. The Hall–Kier alpha value is -0.650. The first-order chi connectivity index (χ1) is 5.54. The molecule has 0 aliphatic carbocycles. The molecular formula is C8H19NO4. The van der Waals surface area contributed by atoms with Crippen molar-refractivity contribution in [1.29, 1.82) is 0 Å². The molecular weight excluding hydrogens is 174 g/mol. The van der Waals surface area contributed by atoms with Gasteiger partial charge in [-0.05, 0) is 6.92 Å². The number of aliphatic carboxylic acids is 1. The first-order valence-corrected chi connectivity index (χ1v) is 3.98. The molecule has 0 aliphatic rings. The summed E-state index contributed by atoms with van der Waals surface area (Å²) in [5.74, 6) is -2.67. The first-order valence-electron chi connectivity index (χ1n) is 3.98. The number of quaternary nitrogens is 1. The van der Waals surface area contributed by atoms with Gasteiger partial charge in [0.2, 0.25) is 0 Å². The van der Waals surface area contributed by atoms with Crippen LogP contribution in [0, 0.1) is 0 Å². The molecule has 0 saturated carbocycles. The van der Waals surface area contributed by atoms with Gasteiger partial charge in [-0.25, -0.2) is 0 Å². The number of hydrogen-bond acceptors (Lipinski definition) is 4. The molecule has 0 amide bonds. The predicted molar refractivity (Wildman–Crippen MR) is 46.2 cm³/mol. The maximum Gasteiger partial charge on any atom is 0.313 e. The zero-order valence-corrected chi connectivity index (χ0v) is 8.87. The van der Waals surface area contributed by atoms with Gasteiger partial charge in [0.15, 0.2) is 0 Å². The lowest BCUT2D eigenvalue weighted by atomic mass is 10.3. The van der Waals surface area contributed by atoms with E-state index in [0.29, 0.717) is 6.42 Å².